The van der Waals surface area contributed by atoms with Crippen LogP contribution in [-0.4, -0.2) is 40.0 Å². The molecule has 9 heteroatoms. The van der Waals surface area contributed by atoms with Crippen LogP contribution in [0.3, 0.4) is 0 Å². The summed E-state index contributed by atoms with van der Waals surface area (Å²) in [6.45, 7) is 2.41. The molecule has 1 aliphatic heterocycles. The lowest BCUT2D eigenvalue weighted by Gasteiger charge is -2.31. The van der Waals surface area contributed by atoms with E-state index in [-0.39, 0.29) is 18.1 Å². The van der Waals surface area contributed by atoms with Gasteiger partial charge in [0.2, 0.25) is 0 Å². The number of piperidine rings is 1. The number of hydrogen-bond donors (Lipinski definition) is 1. The van der Waals surface area contributed by atoms with Crippen molar-refractivity contribution in [2.24, 2.45) is 13.0 Å². The Bertz CT molecular complexity index is 1310. The quantitative estimate of drug-likeness (QED) is 0.342. The first kappa shape index (κ1) is 25.9. The van der Waals surface area contributed by atoms with Crippen molar-refractivity contribution in [1.29, 1.82) is 0 Å². The number of fused-ring (bicyclic) bond motifs is 1. The van der Waals surface area contributed by atoms with E-state index in [4.69, 9.17) is 16.7 Å². The fourth-order valence-corrected chi connectivity index (χ4v) is 5.81. The SMILES string of the molecule is Cn1c(Cc2c(C3CC3)ccc(CN3CCC(CC(=O)O)CC3)c2Cl)cc2ccc(OC(F)(F)F)cc21. The van der Waals surface area contributed by atoms with E-state index in [0.29, 0.717) is 24.4 Å². The van der Waals surface area contributed by atoms with Crippen LogP contribution in [0.4, 0.5) is 13.2 Å². The van der Waals surface area contributed by atoms with Crippen LogP contribution in [0.2, 0.25) is 5.02 Å². The number of alkyl halides is 3. The second-order valence-electron chi connectivity index (χ2n) is 10.3. The number of benzene rings is 2. The van der Waals surface area contributed by atoms with Gasteiger partial charge < -0.3 is 14.4 Å². The third kappa shape index (κ3) is 6.07. The van der Waals surface area contributed by atoms with Gasteiger partial charge in [-0.15, -0.1) is 13.2 Å². The molecule has 2 heterocycles. The number of likely N-dealkylation sites (tertiary alicyclic amines) is 1. The van der Waals surface area contributed by atoms with Crippen molar-refractivity contribution in [1.82, 2.24) is 9.47 Å². The topological polar surface area (TPSA) is 54.7 Å². The predicted molar refractivity (Wildman–Crippen MR) is 136 cm³/mol. The molecule has 0 unspecified atom stereocenters. The van der Waals surface area contributed by atoms with Crippen molar-refractivity contribution >= 4 is 28.5 Å². The summed E-state index contributed by atoms with van der Waals surface area (Å²) in [5, 5.41) is 10.7. The lowest BCUT2D eigenvalue weighted by molar-refractivity contribution is -0.274. The predicted octanol–water partition coefficient (Wildman–Crippen LogP) is 6.89. The Morgan fingerprint density at radius 2 is 1.84 bits per heavy atom. The van der Waals surface area contributed by atoms with Gasteiger partial charge in [0.15, 0.2) is 0 Å². The number of ether oxygens (including phenoxy) is 1. The van der Waals surface area contributed by atoms with Crippen molar-refractivity contribution in [3.63, 3.8) is 0 Å². The van der Waals surface area contributed by atoms with Gasteiger partial charge in [-0.2, -0.15) is 0 Å². The summed E-state index contributed by atoms with van der Waals surface area (Å²) >= 11 is 7.04. The number of aliphatic carboxylic acids is 1. The summed E-state index contributed by atoms with van der Waals surface area (Å²) in [6, 6.07) is 10.7. The van der Waals surface area contributed by atoms with Gasteiger partial charge in [0.1, 0.15) is 5.75 Å². The van der Waals surface area contributed by atoms with Crippen molar-refractivity contribution in [3.05, 3.63) is 63.8 Å². The minimum atomic E-state index is -4.74. The molecule has 37 heavy (non-hydrogen) atoms. The van der Waals surface area contributed by atoms with E-state index < -0.39 is 12.3 Å². The van der Waals surface area contributed by atoms with Crippen LogP contribution >= 0.6 is 11.6 Å². The highest BCUT2D eigenvalue weighted by atomic mass is 35.5. The molecule has 1 aromatic heterocycles. The van der Waals surface area contributed by atoms with Crippen LogP contribution in [0.5, 0.6) is 5.75 Å². The minimum absolute atomic E-state index is 0.226. The summed E-state index contributed by atoms with van der Waals surface area (Å²) in [5.74, 6) is -0.252. The van der Waals surface area contributed by atoms with Crippen LogP contribution in [0.1, 0.15) is 60.4 Å². The van der Waals surface area contributed by atoms with Crippen LogP contribution in [0.25, 0.3) is 10.9 Å². The number of aromatic nitrogens is 1. The Labute approximate surface area is 218 Å². The molecule has 2 aliphatic rings. The largest absolute Gasteiger partial charge is 0.573 e. The van der Waals surface area contributed by atoms with Gasteiger partial charge >= 0.3 is 12.3 Å². The van der Waals surface area contributed by atoms with E-state index in [0.717, 1.165) is 66.0 Å². The van der Waals surface area contributed by atoms with Crippen molar-refractivity contribution in [3.8, 4) is 5.75 Å². The van der Waals surface area contributed by atoms with Gasteiger partial charge in [-0.1, -0.05) is 23.7 Å². The Morgan fingerprint density at radius 3 is 2.49 bits per heavy atom. The van der Waals surface area contributed by atoms with Crippen molar-refractivity contribution in [2.45, 2.75) is 57.3 Å². The van der Waals surface area contributed by atoms with Gasteiger partial charge in [-0.3, -0.25) is 9.69 Å². The summed E-state index contributed by atoms with van der Waals surface area (Å²) in [5.41, 5.74) is 5.02. The Balaban J connectivity index is 1.38. The average Bonchev–Trinajstić information content (AvgIpc) is 3.62. The summed E-state index contributed by atoms with van der Waals surface area (Å²) < 4.78 is 44.2. The summed E-state index contributed by atoms with van der Waals surface area (Å²) in [7, 11) is 1.85. The lowest BCUT2D eigenvalue weighted by Crippen LogP contribution is -2.34. The Hall–Kier alpha value is -2.71. The molecule has 0 atom stereocenters. The normalized spacial score (nSPS) is 17.4. The molecule has 5 rings (SSSR count). The molecular weight excluding hydrogens is 505 g/mol. The zero-order valence-electron chi connectivity index (χ0n) is 20.7. The molecule has 3 aromatic rings. The highest BCUT2D eigenvalue weighted by Gasteiger charge is 2.32. The van der Waals surface area contributed by atoms with Crippen LogP contribution in [-0.2, 0) is 24.8 Å². The molecule has 1 aliphatic carbocycles. The Morgan fingerprint density at radius 1 is 1.11 bits per heavy atom. The molecule has 0 amide bonds. The van der Waals surface area contributed by atoms with Crippen LogP contribution < -0.4 is 4.74 Å². The van der Waals surface area contributed by atoms with Crippen molar-refractivity contribution < 1.29 is 27.8 Å². The number of rotatable bonds is 8. The monoisotopic (exact) mass is 534 g/mol. The molecule has 5 nitrogen and oxygen atoms in total. The van der Waals surface area contributed by atoms with Gasteiger partial charge in [-0.05, 0) is 85.5 Å². The molecular formula is C28H30ClF3N2O3. The highest BCUT2D eigenvalue weighted by Crippen LogP contribution is 2.45. The summed E-state index contributed by atoms with van der Waals surface area (Å²) in [4.78, 5) is 13.4. The first-order chi connectivity index (χ1) is 17.6. The van der Waals surface area contributed by atoms with E-state index in [1.54, 1.807) is 6.07 Å². The van der Waals surface area contributed by atoms with Crippen LogP contribution in [0.15, 0.2) is 36.4 Å². The minimum Gasteiger partial charge on any atom is -0.481 e. The maximum atomic E-state index is 12.7. The standard InChI is InChI=1S/C28H30ClF3N2O3/c1-33-21(13-19-4-6-22(15-25(19)33)37-28(30,31)32)14-24-23(18-2-3-18)7-5-20(27(24)29)16-34-10-8-17(9-11-34)12-26(35)36/h4-7,13,15,17-18H,2-3,8-12,14,16H2,1H3,(H,35,36). The Kier molecular flexibility index (Phi) is 7.16. The van der Waals surface area contributed by atoms with E-state index in [1.165, 1.54) is 17.7 Å². The fourth-order valence-electron chi connectivity index (χ4n) is 5.51. The number of carboxylic acid groups (broad SMARTS) is 1. The van der Waals surface area contributed by atoms with E-state index in [9.17, 15) is 18.0 Å². The third-order valence-corrected chi connectivity index (χ3v) is 8.12. The second kappa shape index (κ2) is 10.2. The molecule has 0 spiro atoms. The van der Waals surface area contributed by atoms with Crippen molar-refractivity contribution in [2.75, 3.05) is 13.1 Å². The molecule has 2 aromatic carbocycles. The lowest BCUT2D eigenvalue weighted by atomic mass is 9.92. The molecule has 1 saturated carbocycles. The maximum absolute atomic E-state index is 12.7. The fraction of sp³-hybridized carbons (Fsp3) is 0.464. The first-order valence-corrected chi connectivity index (χ1v) is 13.0. The smallest absolute Gasteiger partial charge is 0.481 e. The van der Waals surface area contributed by atoms with Gasteiger partial charge in [0.25, 0.3) is 0 Å². The summed E-state index contributed by atoms with van der Waals surface area (Å²) in [6.07, 6.45) is 0.0731. The maximum Gasteiger partial charge on any atom is 0.573 e. The van der Waals surface area contributed by atoms with E-state index in [1.807, 2.05) is 17.7 Å². The van der Waals surface area contributed by atoms with Crippen LogP contribution in [0, 0.1) is 5.92 Å². The number of carbonyl (C=O) groups is 1. The molecule has 198 valence electrons. The highest BCUT2D eigenvalue weighted by molar-refractivity contribution is 6.32. The number of halogens is 4. The second-order valence-corrected chi connectivity index (χ2v) is 10.7. The number of aryl methyl sites for hydroxylation is 1. The molecule has 0 radical (unpaired) electrons. The zero-order chi connectivity index (χ0) is 26.3. The first-order valence-electron chi connectivity index (χ1n) is 12.7. The number of nitrogens with zero attached hydrogens (tertiary/aromatic N) is 2. The number of hydrogen-bond acceptors (Lipinski definition) is 3. The average molecular weight is 535 g/mol. The number of carboxylic acids is 1. The van der Waals surface area contributed by atoms with Gasteiger partial charge in [0, 0.05) is 48.6 Å². The van der Waals surface area contributed by atoms with Gasteiger partial charge in [-0.25, -0.2) is 0 Å². The molecule has 2 fully saturated rings. The third-order valence-electron chi connectivity index (χ3n) is 7.65. The van der Waals surface area contributed by atoms with E-state index in [2.05, 4.69) is 21.8 Å². The molecule has 0 bridgehead atoms. The molecule has 1 N–H and O–H groups in total. The zero-order valence-corrected chi connectivity index (χ0v) is 21.4. The van der Waals surface area contributed by atoms with Gasteiger partial charge in [0.05, 0.1) is 5.52 Å². The molecule has 1 saturated heterocycles. The van der Waals surface area contributed by atoms with E-state index >= 15 is 0 Å².